The van der Waals surface area contributed by atoms with Crippen LogP contribution in [0.25, 0.3) is 0 Å². The molecule has 1 atom stereocenters. The predicted molar refractivity (Wildman–Crippen MR) is 115 cm³/mol. The lowest BCUT2D eigenvalue weighted by Crippen LogP contribution is -2.47. The molecule has 0 bridgehead atoms. The fraction of sp³-hybridized carbons (Fsp3) is 0.750. The standard InChI is InChI=1S/C24H37N3O2/c1-29-23(28)22-18-27(14-10-21-9-5-6-13-25-21)19-24(22)11-15-26(16-12-24)17-20-7-3-2-4-8-20/h5-6,9,13,20,22H,2-4,7-8,10-12,14-19H2,1H3. The van der Waals surface area contributed by atoms with Crippen LogP contribution in [-0.2, 0) is 16.0 Å². The second kappa shape index (κ2) is 9.57. The van der Waals surface area contributed by atoms with Gasteiger partial charge in [0, 0.05) is 49.9 Å². The first-order valence-corrected chi connectivity index (χ1v) is 11.6. The Morgan fingerprint density at radius 1 is 1.17 bits per heavy atom. The van der Waals surface area contributed by atoms with Gasteiger partial charge < -0.3 is 14.5 Å². The summed E-state index contributed by atoms with van der Waals surface area (Å²) in [7, 11) is 1.55. The molecule has 0 amide bonds. The zero-order chi connectivity index (χ0) is 20.1. The fourth-order valence-electron chi connectivity index (χ4n) is 5.95. The van der Waals surface area contributed by atoms with Gasteiger partial charge in [-0.1, -0.05) is 25.3 Å². The molecule has 2 saturated heterocycles. The molecule has 4 rings (SSSR count). The predicted octanol–water partition coefficient (Wildman–Crippen LogP) is 3.39. The highest BCUT2D eigenvalue weighted by molar-refractivity contribution is 5.74. The summed E-state index contributed by atoms with van der Waals surface area (Å²) in [6, 6.07) is 6.10. The Morgan fingerprint density at radius 2 is 1.97 bits per heavy atom. The maximum Gasteiger partial charge on any atom is 0.310 e. The number of rotatable bonds is 6. The third-order valence-corrected chi connectivity index (χ3v) is 7.71. The third kappa shape index (κ3) is 5.00. The summed E-state index contributed by atoms with van der Waals surface area (Å²) < 4.78 is 5.23. The molecule has 0 N–H and O–H groups in total. The normalized spacial score (nSPS) is 26.0. The lowest BCUT2D eigenvalue weighted by Gasteiger charge is -2.43. The van der Waals surface area contributed by atoms with Crippen LogP contribution in [0.4, 0.5) is 0 Å². The smallest absolute Gasteiger partial charge is 0.310 e. The van der Waals surface area contributed by atoms with Gasteiger partial charge in [0.15, 0.2) is 0 Å². The Bertz CT molecular complexity index is 651. The van der Waals surface area contributed by atoms with Crippen molar-refractivity contribution in [2.45, 2.75) is 51.4 Å². The van der Waals surface area contributed by atoms with E-state index in [1.54, 1.807) is 7.11 Å². The summed E-state index contributed by atoms with van der Waals surface area (Å²) in [5.74, 6) is 0.909. The van der Waals surface area contributed by atoms with Crippen molar-refractivity contribution < 1.29 is 9.53 Å². The van der Waals surface area contributed by atoms with Crippen LogP contribution >= 0.6 is 0 Å². The second-order valence-corrected chi connectivity index (χ2v) is 9.55. The van der Waals surface area contributed by atoms with Crippen molar-refractivity contribution in [2.24, 2.45) is 17.3 Å². The number of nitrogens with zero attached hydrogens (tertiary/aromatic N) is 3. The van der Waals surface area contributed by atoms with E-state index in [1.165, 1.54) is 38.6 Å². The number of likely N-dealkylation sites (tertiary alicyclic amines) is 2. The van der Waals surface area contributed by atoms with Crippen LogP contribution in [0.1, 0.15) is 50.6 Å². The van der Waals surface area contributed by atoms with E-state index in [-0.39, 0.29) is 17.3 Å². The lowest BCUT2D eigenvalue weighted by molar-refractivity contribution is -0.149. The van der Waals surface area contributed by atoms with Gasteiger partial charge in [0.1, 0.15) is 0 Å². The molecule has 29 heavy (non-hydrogen) atoms. The van der Waals surface area contributed by atoms with Gasteiger partial charge in [-0.25, -0.2) is 0 Å². The van der Waals surface area contributed by atoms with Crippen LogP contribution in [-0.4, -0.2) is 67.1 Å². The Morgan fingerprint density at radius 3 is 2.66 bits per heavy atom. The lowest BCUT2D eigenvalue weighted by atomic mass is 9.70. The molecule has 1 aliphatic carbocycles. The molecule has 5 nitrogen and oxygen atoms in total. The number of carbonyl (C=O) groups is 1. The van der Waals surface area contributed by atoms with Gasteiger partial charge in [0.25, 0.3) is 0 Å². The van der Waals surface area contributed by atoms with Crippen molar-refractivity contribution in [2.75, 3.05) is 46.4 Å². The van der Waals surface area contributed by atoms with E-state index in [4.69, 9.17) is 4.74 Å². The van der Waals surface area contributed by atoms with Crippen LogP contribution in [0.3, 0.4) is 0 Å². The number of hydrogen-bond acceptors (Lipinski definition) is 5. The van der Waals surface area contributed by atoms with Gasteiger partial charge in [0.2, 0.25) is 0 Å². The zero-order valence-corrected chi connectivity index (χ0v) is 18.0. The molecule has 0 aromatic carbocycles. The molecule has 1 aromatic heterocycles. The average molecular weight is 400 g/mol. The van der Waals surface area contributed by atoms with Crippen LogP contribution < -0.4 is 0 Å². The Kier molecular flexibility index (Phi) is 6.86. The number of aromatic nitrogens is 1. The summed E-state index contributed by atoms with van der Waals surface area (Å²) in [5.41, 5.74) is 1.23. The summed E-state index contributed by atoms with van der Waals surface area (Å²) in [4.78, 5) is 22.2. The zero-order valence-electron chi connectivity index (χ0n) is 18.0. The molecule has 0 radical (unpaired) electrons. The first-order valence-electron chi connectivity index (χ1n) is 11.6. The molecular formula is C24H37N3O2. The number of carbonyl (C=O) groups excluding carboxylic acids is 1. The maximum absolute atomic E-state index is 12.6. The van der Waals surface area contributed by atoms with Gasteiger partial charge in [0.05, 0.1) is 13.0 Å². The molecule has 3 heterocycles. The number of methoxy groups -OCH3 is 1. The van der Waals surface area contributed by atoms with Gasteiger partial charge in [-0.2, -0.15) is 0 Å². The number of ether oxygens (including phenoxy) is 1. The third-order valence-electron chi connectivity index (χ3n) is 7.71. The minimum Gasteiger partial charge on any atom is -0.469 e. The van der Waals surface area contributed by atoms with Gasteiger partial charge in [-0.3, -0.25) is 9.78 Å². The van der Waals surface area contributed by atoms with Crippen LogP contribution in [0.2, 0.25) is 0 Å². The van der Waals surface area contributed by atoms with E-state index in [2.05, 4.69) is 20.9 Å². The van der Waals surface area contributed by atoms with E-state index in [0.29, 0.717) is 0 Å². The fourth-order valence-corrected chi connectivity index (χ4v) is 5.95. The summed E-state index contributed by atoms with van der Waals surface area (Å²) in [6.07, 6.45) is 12.1. The largest absolute Gasteiger partial charge is 0.469 e. The number of piperidine rings is 1. The molecule has 2 aliphatic heterocycles. The Labute approximate surface area is 175 Å². The highest BCUT2D eigenvalue weighted by Gasteiger charge is 2.51. The van der Waals surface area contributed by atoms with E-state index in [1.807, 2.05) is 18.3 Å². The molecule has 1 unspecified atom stereocenters. The number of hydrogen-bond donors (Lipinski definition) is 0. The average Bonchev–Trinajstić information content (AvgIpc) is 3.13. The van der Waals surface area contributed by atoms with E-state index in [9.17, 15) is 4.79 Å². The van der Waals surface area contributed by atoms with Crippen LogP contribution in [0, 0.1) is 17.3 Å². The van der Waals surface area contributed by atoms with Gasteiger partial charge in [-0.15, -0.1) is 0 Å². The van der Waals surface area contributed by atoms with Crippen molar-refractivity contribution in [3.63, 3.8) is 0 Å². The van der Waals surface area contributed by atoms with Crippen molar-refractivity contribution >= 4 is 5.97 Å². The summed E-state index contributed by atoms with van der Waals surface area (Å²) in [6.45, 7) is 6.37. The van der Waals surface area contributed by atoms with Crippen LogP contribution in [0.5, 0.6) is 0 Å². The molecule has 160 valence electrons. The van der Waals surface area contributed by atoms with Crippen LogP contribution in [0.15, 0.2) is 24.4 Å². The van der Waals surface area contributed by atoms with Crippen molar-refractivity contribution in [3.05, 3.63) is 30.1 Å². The number of esters is 1. The van der Waals surface area contributed by atoms with E-state index in [0.717, 1.165) is 63.6 Å². The molecule has 5 heteroatoms. The quantitative estimate of drug-likeness (QED) is 0.686. The molecular weight excluding hydrogens is 362 g/mol. The second-order valence-electron chi connectivity index (χ2n) is 9.55. The van der Waals surface area contributed by atoms with Gasteiger partial charge in [-0.05, 0) is 56.8 Å². The molecule has 1 aromatic rings. The maximum atomic E-state index is 12.6. The minimum atomic E-state index is -0.00827. The van der Waals surface area contributed by atoms with E-state index >= 15 is 0 Å². The van der Waals surface area contributed by atoms with Crippen molar-refractivity contribution in [1.82, 2.24) is 14.8 Å². The minimum absolute atomic E-state index is 0.00827. The molecule has 3 aliphatic rings. The molecule has 1 saturated carbocycles. The monoisotopic (exact) mass is 399 g/mol. The van der Waals surface area contributed by atoms with Crippen molar-refractivity contribution in [3.8, 4) is 0 Å². The first-order chi connectivity index (χ1) is 14.2. The highest BCUT2D eigenvalue weighted by atomic mass is 16.5. The van der Waals surface area contributed by atoms with Gasteiger partial charge >= 0.3 is 5.97 Å². The topological polar surface area (TPSA) is 45.7 Å². The number of pyridine rings is 1. The molecule has 1 spiro atoms. The molecule has 3 fully saturated rings. The highest BCUT2D eigenvalue weighted by Crippen LogP contribution is 2.45. The van der Waals surface area contributed by atoms with Crippen molar-refractivity contribution in [1.29, 1.82) is 0 Å². The Hall–Kier alpha value is -1.46. The summed E-state index contributed by atoms with van der Waals surface area (Å²) >= 11 is 0. The summed E-state index contributed by atoms with van der Waals surface area (Å²) in [5, 5.41) is 0. The Balaban J connectivity index is 1.34. The SMILES string of the molecule is COC(=O)C1CN(CCc2ccccn2)CC12CCN(CC1CCCCC1)CC2. The van der Waals surface area contributed by atoms with E-state index < -0.39 is 0 Å². The first kappa shape index (κ1) is 20.8.